The van der Waals surface area contributed by atoms with Crippen molar-refractivity contribution in [1.29, 1.82) is 0 Å². The first-order chi connectivity index (χ1) is 17.5. The van der Waals surface area contributed by atoms with E-state index < -0.39 is 35.8 Å². The van der Waals surface area contributed by atoms with Crippen LogP contribution in [-0.4, -0.2) is 48.8 Å². The lowest BCUT2D eigenvalue weighted by molar-refractivity contribution is -0.274. The fraction of sp³-hybridized carbons (Fsp3) is 0.227. The topological polar surface area (TPSA) is 99.2 Å². The summed E-state index contributed by atoms with van der Waals surface area (Å²) >= 11 is 0. The van der Waals surface area contributed by atoms with Crippen molar-refractivity contribution >= 4 is 5.91 Å². The number of halogens is 6. The number of benzene rings is 2. The molecule has 2 aromatic carbocycles. The highest BCUT2D eigenvalue weighted by atomic mass is 19.4. The third-order valence-electron chi connectivity index (χ3n) is 5.55. The Balaban J connectivity index is 1.45. The summed E-state index contributed by atoms with van der Waals surface area (Å²) in [5.41, 5.74) is -1.42. The molecule has 5 rings (SSSR count). The van der Waals surface area contributed by atoms with Gasteiger partial charge in [0, 0.05) is 6.54 Å². The van der Waals surface area contributed by atoms with Gasteiger partial charge in [0.15, 0.2) is 0 Å². The minimum absolute atomic E-state index is 0.0260. The Hall–Kier alpha value is -4.43. The van der Waals surface area contributed by atoms with Crippen LogP contribution in [0.3, 0.4) is 0 Å². The van der Waals surface area contributed by atoms with Crippen LogP contribution in [0, 0.1) is 0 Å². The van der Waals surface area contributed by atoms with Crippen molar-refractivity contribution < 1.29 is 40.4 Å². The summed E-state index contributed by atoms with van der Waals surface area (Å²) in [6.07, 6.45) is -6.71. The predicted octanol–water partition coefficient (Wildman–Crippen LogP) is 4.82. The first kappa shape index (κ1) is 24.3. The van der Waals surface area contributed by atoms with Crippen molar-refractivity contribution in [3.63, 3.8) is 0 Å². The lowest BCUT2D eigenvalue weighted by atomic mass is 9.99. The molecule has 1 aliphatic rings. The Kier molecular flexibility index (Phi) is 5.84. The second kappa shape index (κ2) is 8.90. The summed E-state index contributed by atoms with van der Waals surface area (Å²) in [7, 11) is 0. The van der Waals surface area contributed by atoms with Crippen LogP contribution < -0.4 is 4.74 Å². The van der Waals surface area contributed by atoms with E-state index in [1.807, 2.05) is 0 Å². The number of nitrogens with zero attached hydrogens (tertiary/aromatic N) is 6. The molecule has 0 saturated carbocycles. The molecule has 1 atom stereocenters. The standard InChI is InChI=1S/C22H14F6N6O3/c23-21(24,25)12-5-6-15(34-29-8-9-30-34)14(11-12)20(35)33-10-7-16(33)19-31-18(32-37-19)13-3-1-2-4-17(13)36-22(26,27)28/h1-6,8-9,11,16H,7,10H2/t16-/m0/s1. The van der Waals surface area contributed by atoms with Gasteiger partial charge in [0.2, 0.25) is 11.7 Å². The fourth-order valence-corrected chi connectivity index (χ4v) is 3.79. The molecule has 0 spiro atoms. The molecule has 4 aromatic rings. The molecule has 37 heavy (non-hydrogen) atoms. The summed E-state index contributed by atoms with van der Waals surface area (Å²) in [4.78, 5) is 19.7. The van der Waals surface area contributed by atoms with Gasteiger partial charge in [-0.25, -0.2) is 0 Å². The Labute approximate surface area is 203 Å². The van der Waals surface area contributed by atoms with Crippen LogP contribution in [-0.2, 0) is 6.18 Å². The summed E-state index contributed by atoms with van der Waals surface area (Å²) in [5.74, 6) is -1.63. The SMILES string of the molecule is O=C(c1cc(C(F)(F)F)ccc1-n1nccn1)N1CC[C@H]1c1nc(-c2ccccc2OC(F)(F)F)no1. The maximum Gasteiger partial charge on any atom is 0.573 e. The molecule has 1 amide bonds. The van der Waals surface area contributed by atoms with Gasteiger partial charge < -0.3 is 14.2 Å². The molecule has 0 bridgehead atoms. The van der Waals surface area contributed by atoms with E-state index >= 15 is 0 Å². The number of para-hydroxylation sites is 1. The van der Waals surface area contributed by atoms with E-state index in [1.54, 1.807) is 0 Å². The number of carbonyl (C=O) groups is 1. The summed E-state index contributed by atoms with van der Waals surface area (Å²) in [6.45, 7) is 0.164. The second-order valence-corrected chi connectivity index (χ2v) is 7.85. The molecule has 0 unspecified atom stereocenters. The number of likely N-dealkylation sites (tertiary alicyclic amines) is 1. The van der Waals surface area contributed by atoms with Crippen LogP contribution in [0.4, 0.5) is 26.3 Å². The van der Waals surface area contributed by atoms with E-state index in [0.717, 1.165) is 23.0 Å². The average molecular weight is 524 g/mol. The van der Waals surface area contributed by atoms with Crippen LogP contribution in [0.1, 0.15) is 34.3 Å². The zero-order valence-corrected chi connectivity index (χ0v) is 18.4. The highest BCUT2D eigenvalue weighted by Gasteiger charge is 2.40. The van der Waals surface area contributed by atoms with Gasteiger partial charge in [-0.3, -0.25) is 4.79 Å². The van der Waals surface area contributed by atoms with E-state index in [0.29, 0.717) is 12.5 Å². The number of hydrogen-bond donors (Lipinski definition) is 0. The van der Waals surface area contributed by atoms with Gasteiger partial charge in [0.1, 0.15) is 11.8 Å². The molecule has 0 radical (unpaired) electrons. The number of alkyl halides is 6. The highest BCUT2D eigenvalue weighted by molar-refractivity contribution is 5.98. The molecule has 15 heteroatoms. The lowest BCUT2D eigenvalue weighted by Gasteiger charge is -2.38. The van der Waals surface area contributed by atoms with E-state index in [9.17, 15) is 31.1 Å². The second-order valence-electron chi connectivity index (χ2n) is 7.85. The molecular weight excluding hydrogens is 510 g/mol. The highest BCUT2D eigenvalue weighted by Crippen LogP contribution is 2.38. The van der Waals surface area contributed by atoms with Crippen molar-refractivity contribution in [2.24, 2.45) is 0 Å². The zero-order chi connectivity index (χ0) is 26.4. The maximum atomic E-state index is 13.4. The van der Waals surface area contributed by atoms with Crippen molar-refractivity contribution in [3.8, 4) is 22.8 Å². The monoisotopic (exact) mass is 524 g/mol. The van der Waals surface area contributed by atoms with Gasteiger partial charge in [0.05, 0.1) is 34.8 Å². The predicted molar refractivity (Wildman–Crippen MR) is 111 cm³/mol. The number of hydrogen-bond acceptors (Lipinski definition) is 7. The van der Waals surface area contributed by atoms with Crippen molar-refractivity contribution in [2.45, 2.75) is 25.0 Å². The molecule has 2 aromatic heterocycles. The third-order valence-corrected chi connectivity index (χ3v) is 5.55. The first-order valence-corrected chi connectivity index (χ1v) is 10.6. The average Bonchev–Trinajstić information content (AvgIpc) is 3.49. The van der Waals surface area contributed by atoms with Crippen molar-refractivity contribution in [1.82, 2.24) is 30.0 Å². The Bertz CT molecular complexity index is 1430. The van der Waals surface area contributed by atoms with Gasteiger partial charge in [-0.05, 0) is 36.8 Å². The Morgan fingerprint density at radius 2 is 1.76 bits per heavy atom. The number of amides is 1. The van der Waals surface area contributed by atoms with Crippen LogP contribution >= 0.6 is 0 Å². The minimum Gasteiger partial charge on any atom is -0.405 e. The van der Waals surface area contributed by atoms with Crippen LogP contribution in [0.25, 0.3) is 17.1 Å². The molecule has 192 valence electrons. The molecule has 9 nitrogen and oxygen atoms in total. The van der Waals surface area contributed by atoms with Gasteiger partial charge >= 0.3 is 12.5 Å². The molecule has 1 fully saturated rings. The number of rotatable bonds is 5. The molecule has 1 saturated heterocycles. The van der Waals surface area contributed by atoms with Gasteiger partial charge in [-0.15, -0.1) is 13.2 Å². The zero-order valence-electron chi connectivity index (χ0n) is 18.4. The van der Waals surface area contributed by atoms with Crippen molar-refractivity contribution in [2.75, 3.05) is 6.54 Å². The quantitative estimate of drug-likeness (QED) is 0.345. The molecule has 1 aliphatic heterocycles. The fourth-order valence-electron chi connectivity index (χ4n) is 3.79. The van der Waals surface area contributed by atoms with E-state index in [-0.39, 0.29) is 35.1 Å². The normalized spacial score (nSPS) is 15.9. The van der Waals surface area contributed by atoms with Crippen LogP contribution in [0.2, 0.25) is 0 Å². The molecule has 3 heterocycles. The smallest absolute Gasteiger partial charge is 0.405 e. The van der Waals surface area contributed by atoms with E-state index in [2.05, 4.69) is 25.1 Å². The molecule has 0 aliphatic carbocycles. The van der Waals surface area contributed by atoms with Gasteiger partial charge in [-0.1, -0.05) is 17.3 Å². The molecule has 0 N–H and O–H groups in total. The minimum atomic E-state index is -4.95. The van der Waals surface area contributed by atoms with Gasteiger partial charge in [-0.2, -0.15) is 33.1 Å². The van der Waals surface area contributed by atoms with E-state index in [1.165, 1.54) is 35.5 Å². The summed E-state index contributed by atoms with van der Waals surface area (Å²) in [5, 5.41) is 11.5. The van der Waals surface area contributed by atoms with E-state index in [4.69, 9.17) is 4.52 Å². The number of ether oxygens (including phenoxy) is 1. The van der Waals surface area contributed by atoms with Crippen molar-refractivity contribution in [3.05, 3.63) is 71.9 Å². The Morgan fingerprint density at radius 1 is 1.03 bits per heavy atom. The summed E-state index contributed by atoms with van der Waals surface area (Å²) < 4.78 is 87.6. The summed E-state index contributed by atoms with van der Waals surface area (Å²) in [6, 6.07) is 6.96. The number of carbonyl (C=O) groups excluding carboxylic acids is 1. The third kappa shape index (κ3) is 4.83. The first-order valence-electron chi connectivity index (χ1n) is 10.6. The van der Waals surface area contributed by atoms with Crippen LogP contribution in [0.5, 0.6) is 5.75 Å². The van der Waals surface area contributed by atoms with Crippen LogP contribution in [0.15, 0.2) is 59.4 Å². The maximum absolute atomic E-state index is 13.4. The largest absolute Gasteiger partial charge is 0.573 e. The molecular formula is C22H14F6N6O3. The van der Waals surface area contributed by atoms with Gasteiger partial charge in [0.25, 0.3) is 5.91 Å². The Morgan fingerprint density at radius 3 is 2.41 bits per heavy atom. The lowest BCUT2D eigenvalue weighted by Crippen LogP contribution is -2.45. The number of aromatic nitrogens is 5.